The van der Waals surface area contributed by atoms with Gasteiger partial charge in [0.25, 0.3) is 0 Å². The molecule has 0 unspecified atom stereocenters. The molecule has 0 atom stereocenters. The maximum absolute atomic E-state index is 5.83. The SMILES string of the molecule is Cc1cc(C)c(NCc2cccc(OCCOc3ccccc3)c2)c(C)c1. The van der Waals surface area contributed by atoms with Gasteiger partial charge in [0, 0.05) is 12.2 Å². The summed E-state index contributed by atoms with van der Waals surface area (Å²) in [6.45, 7) is 8.23. The van der Waals surface area contributed by atoms with Crippen molar-refractivity contribution >= 4 is 5.69 Å². The van der Waals surface area contributed by atoms with E-state index in [1.807, 2.05) is 42.5 Å². The van der Waals surface area contributed by atoms with Gasteiger partial charge in [-0.25, -0.2) is 0 Å². The predicted octanol–water partition coefficient (Wildman–Crippen LogP) is 5.68. The van der Waals surface area contributed by atoms with Gasteiger partial charge in [0.05, 0.1) is 0 Å². The minimum atomic E-state index is 0.516. The average Bonchev–Trinajstić information content (AvgIpc) is 2.66. The average molecular weight is 361 g/mol. The molecule has 0 spiro atoms. The third-order valence-corrected chi connectivity index (χ3v) is 4.41. The van der Waals surface area contributed by atoms with Crippen molar-refractivity contribution in [3.05, 3.63) is 89.0 Å². The van der Waals surface area contributed by atoms with Gasteiger partial charge < -0.3 is 14.8 Å². The van der Waals surface area contributed by atoms with Crippen LogP contribution in [0.1, 0.15) is 22.3 Å². The first-order valence-corrected chi connectivity index (χ1v) is 9.33. The lowest BCUT2D eigenvalue weighted by Gasteiger charge is -2.14. The Kier molecular flexibility index (Phi) is 6.37. The van der Waals surface area contributed by atoms with E-state index in [1.165, 1.54) is 27.9 Å². The maximum atomic E-state index is 5.83. The first-order chi connectivity index (χ1) is 13.1. The number of ether oxygens (including phenoxy) is 2. The van der Waals surface area contributed by atoms with Crippen molar-refractivity contribution in [2.24, 2.45) is 0 Å². The normalized spacial score (nSPS) is 10.5. The zero-order chi connectivity index (χ0) is 19.1. The summed E-state index contributed by atoms with van der Waals surface area (Å²) in [5, 5.41) is 3.56. The van der Waals surface area contributed by atoms with E-state index in [1.54, 1.807) is 0 Å². The first kappa shape index (κ1) is 18.8. The van der Waals surface area contributed by atoms with Crippen LogP contribution in [0.3, 0.4) is 0 Å². The minimum absolute atomic E-state index is 0.516. The Labute approximate surface area is 162 Å². The molecule has 0 aliphatic carbocycles. The summed E-state index contributed by atoms with van der Waals surface area (Å²) < 4.78 is 11.5. The lowest BCUT2D eigenvalue weighted by Crippen LogP contribution is -2.09. The van der Waals surface area contributed by atoms with Gasteiger partial charge in [-0.05, 0) is 61.7 Å². The van der Waals surface area contributed by atoms with Gasteiger partial charge in [-0.1, -0.05) is 48.0 Å². The smallest absolute Gasteiger partial charge is 0.122 e. The van der Waals surface area contributed by atoms with Gasteiger partial charge in [0.2, 0.25) is 0 Å². The summed E-state index contributed by atoms with van der Waals surface area (Å²) in [6, 6.07) is 22.4. The highest BCUT2D eigenvalue weighted by molar-refractivity contribution is 5.58. The van der Waals surface area contributed by atoms with Crippen LogP contribution < -0.4 is 14.8 Å². The second kappa shape index (κ2) is 9.13. The van der Waals surface area contributed by atoms with E-state index < -0.39 is 0 Å². The molecular weight excluding hydrogens is 334 g/mol. The summed E-state index contributed by atoms with van der Waals surface area (Å²) >= 11 is 0. The van der Waals surface area contributed by atoms with Gasteiger partial charge >= 0.3 is 0 Å². The fraction of sp³-hybridized carbons (Fsp3) is 0.250. The number of para-hydroxylation sites is 1. The Bertz CT molecular complexity index is 852. The maximum Gasteiger partial charge on any atom is 0.122 e. The molecule has 0 bridgehead atoms. The number of anilines is 1. The molecule has 3 aromatic carbocycles. The Hall–Kier alpha value is -2.94. The lowest BCUT2D eigenvalue weighted by atomic mass is 10.0. The lowest BCUT2D eigenvalue weighted by molar-refractivity contribution is 0.217. The second-order valence-electron chi connectivity index (χ2n) is 6.78. The Balaban J connectivity index is 1.51. The molecule has 0 radical (unpaired) electrons. The Morgan fingerprint density at radius 3 is 2.04 bits per heavy atom. The Morgan fingerprint density at radius 2 is 1.33 bits per heavy atom. The molecule has 0 aliphatic heterocycles. The first-order valence-electron chi connectivity index (χ1n) is 9.33. The van der Waals surface area contributed by atoms with Crippen LogP contribution in [0.5, 0.6) is 11.5 Å². The largest absolute Gasteiger partial charge is 0.490 e. The highest BCUT2D eigenvalue weighted by Gasteiger charge is 2.04. The van der Waals surface area contributed by atoms with Crippen LogP contribution in [0.2, 0.25) is 0 Å². The quantitative estimate of drug-likeness (QED) is 0.524. The highest BCUT2D eigenvalue weighted by Crippen LogP contribution is 2.23. The van der Waals surface area contributed by atoms with Crippen LogP contribution in [-0.2, 0) is 6.54 Å². The van der Waals surface area contributed by atoms with Crippen LogP contribution >= 0.6 is 0 Å². The molecule has 140 valence electrons. The number of nitrogens with one attached hydrogen (secondary N) is 1. The minimum Gasteiger partial charge on any atom is -0.490 e. The van der Waals surface area contributed by atoms with Crippen molar-refractivity contribution in [1.29, 1.82) is 0 Å². The van der Waals surface area contributed by atoms with E-state index in [0.29, 0.717) is 13.2 Å². The van der Waals surface area contributed by atoms with Crippen molar-refractivity contribution in [3.63, 3.8) is 0 Å². The highest BCUT2D eigenvalue weighted by atomic mass is 16.5. The number of hydrogen-bond donors (Lipinski definition) is 1. The number of hydrogen-bond acceptors (Lipinski definition) is 3. The summed E-state index contributed by atoms with van der Waals surface area (Å²) in [5.41, 5.74) is 6.25. The summed E-state index contributed by atoms with van der Waals surface area (Å²) in [6.07, 6.45) is 0. The van der Waals surface area contributed by atoms with Crippen molar-refractivity contribution in [1.82, 2.24) is 0 Å². The fourth-order valence-electron chi connectivity index (χ4n) is 3.23. The standard InChI is InChI=1S/C24H27NO2/c1-18-14-19(2)24(20(3)15-18)25-17-21-8-7-11-23(16-21)27-13-12-26-22-9-5-4-6-10-22/h4-11,14-16,25H,12-13,17H2,1-3H3. The number of rotatable bonds is 8. The van der Waals surface area contributed by atoms with Gasteiger partial charge in [0.15, 0.2) is 0 Å². The molecule has 0 aromatic heterocycles. The van der Waals surface area contributed by atoms with Crippen LogP contribution in [-0.4, -0.2) is 13.2 Å². The zero-order valence-corrected chi connectivity index (χ0v) is 16.3. The number of aryl methyl sites for hydroxylation is 3. The molecule has 0 saturated carbocycles. The van der Waals surface area contributed by atoms with Crippen LogP contribution in [0.25, 0.3) is 0 Å². The topological polar surface area (TPSA) is 30.5 Å². The van der Waals surface area contributed by atoms with E-state index in [0.717, 1.165) is 18.0 Å². The van der Waals surface area contributed by atoms with Gasteiger partial charge in [0.1, 0.15) is 24.7 Å². The van der Waals surface area contributed by atoms with E-state index in [9.17, 15) is 0 Å². The predicted molar refractivity (Wildman–Crippen MR) is 112 cm³/mol. The third-order valence-electron chi connectivity index (χ3n) is 4.41. The molecule has 3 heteroatoms. The molecule has 0 saturated heterocycles. The van der Waals surface area contributed by atoms with Gasteiger partial charge in [-0.3, -0.25) is 0 Å². The van der Waals surface area contributed by atoms with E-state index in [4.69, 9.17) is 9.47 Å². The monoisotopic (exact) mass is 361 g/mol. The van der Waals surface area contributed by atoms with Crippen molar-refractivity contribution in [3.8, 4) is 11.5 Å². The van der Waals surface area contributed by atoms with Crippen LogP contribution in [0.4, 0.5) is 5.69 Å². The molecule has 0 amide bonds. The molecule has 27 heavy (non-hydrogen) atoms. The summed E-state index contributed by atoms with van der Waals surface area (Å²) in [5.74, 6) is 1.73. The van der Waals surface area contributed by atoms with Crippen LogP contribution in [0.15, 0.2) is 66.7 Å². The van der Waals surface area contributed by atoms with Crippen molar-refractivity contribution in [2.45, 2.75) is 27.3 Å². The zero-order valence-electron chi connectivity index (χ0n) is 16.3. The molecular formula is C24H27NO2. The second-order valence-corrected chi connectivity index (χ2v) is 6.78. The molecule has 3 aromatic rings. The number of benzene rings is 3. The van der Waals surface area contributed by atoms with Gasteiger partial charge in [-0.2, -0.15) is 0 Å². The summed E-state index contributed by atoms with van der Waals surface area (Å²) in [7, 11) is 0. The molecule has 1 N–H and O–H groups in total. The molecule has 0 aliphatic rings. The molecule has 3 nitrogen and oxygen atoms in total. The van der Waals surface area contributed by atoms with Crippen LogP contribution in [0, 0.1) is 20.8 Å². The molecule has 3 rings (SSSR count). The van der Waals surface area contributed by atoms with E-state index in [2.05, 4.69) is 50.4 Å². The van der Waals surface area contributed by atoms with E-state index >= 15 is 0 Å². The van der Waals surface area contributed by atoms with Crippen molar-refractivity contribution < 1.29 is 9.47 Å². The Morgan fingerprint density at radius 1 is 0.704 bits per heavy atom. The van der Waals surface area contributed by atoms with Crippen molar-refractivity contribution in [2.75, 3.05) is 18.5 Å². The van der Waals surface area contributed by atoms with E-state index in [-0.39, 0.29) is 0 Å². The van der Waals surface area contributed by atoms with Gasteiger partial charge in [-0.15, -0.1) is 0 Å². The molecule has 0 fully saturated rings. The summed E-state index contributed by atoms with van der Waals surface area (Å²) in [4.78, 5) is 0. The third kappa shape index (κ3) is 5.52. The fourth-order valence-corrected chi connectivity index (χ4v) is 3.23. The molecule has 0 heterocycles.